The number of fused-ring (bicyclic) bond motifs is 2. The number of thioether (sulfide) groups is 1. The molecule has 4 aromatic rings. The lowest BCUT2D eigenvalue weighted by Gasteiger charge is -2.30. The highest BCUT2D eigenvalue weighted by Gasteiger charge is 2.56. The molecule has 1 fully saturated rings. The maximum Gasteiger partial charge on any atom is 0.305 e. The first kappa shape index (κ1) is 29.0. The van der Waals surface area contributed by atoms with Crippen LogP contribution in [0.3, 0.4) is 0 Å². The Bertz CT molecular complexity index is 1780. The fourth-order valence-electron chi connectivity index (χ4n) is 5.20. The standard InChI is InChI=1S/C30H23ClFN3O6S2/c1-2-40-21-13-15(3-12-20(21)41-14-22(36)33-18-8-4-16(31)5-9-18)23-24-26(42-27-25(23)43-30(39)34-27)29(38)35(28(24)37)19-10-6-17(32)7-11-19/h3-13,23-24,26H,2,14H2,1H3,(H,33,36)(H,34,39). The Morgan fingerprint density at radius 3 is 2.47 bits per heavy atom. The lowest BCUT2D eigenvalue weighted by atomic mass is 9.83. The third kappa shape index (κ3) is 5.65. The van der Waals surface area contributed by atoms with Crippen LogP contribution in [0.1, 0.15) is 23.3 Å². The number of rotatable bonds is 8. The Kier molecular flexibility index (Phi) is 7.99. The Morgan fingerprint density at radius 1 is 1.00 bits per heavy atom. The van der Waals surface area contributed by atoms with E-state index in [0.29, 0.717) is 44.3 Å². The van der Waals surface area contributed by atoms with E-state index < -0.39 is 40.6 Å². The van der Waals surface area contributed by atoms with Gasteiger partial charge in [0.25, 0.3) is 5.91 Å². The van der Waals surface area contributed by atoms with Crippen LogP contribution >= 0.6 is 34.7 Å². The molecule has 3 heterocycles. The van der Waals surface area contributed by atoms with Crippen LogP contribution in [0.25, 0.3) is 0 Å². The van der Waals surface area contributed by atoms with Crippen molar-refractivity contribution in [2.45, 2.75) is 23.1 Å². The van der Waals surface area contributed by atoms with E-state index in [1.807, 2.05) is 0 Å². The molecule has 3 aromatic carbocycles. The first-order chi connectivity index (χ1) is 20.7. The van der Waals surface area contributed by atoms with Gasteiger partial charge in [0.1, 0.15) is 11.1 Å². The minimum absolute atomic E-state index is 0.276. The number of carbonyl (C=O) groups is 3. The maximum atomic E-state index is 13.9. The zero-order chi connectivity index (χ0) is 30.2. The number of halogens is 2. The number of imide groups is 1. The van der Waals surface area contributed by atoms with Crippen LogP contribution in [-0.2, 0) is 14.4 Å². The largest absolute Gasteiger partial charge is 0.490 e. The number of thiazole rings is 1. The highest BCUT2D eigenvalue weighted by molar-refractivity contribution is 8.00. The normalized spacial score (nSPS) is 19.1. The van der Waals surface area contributed by atoms with Gasteiger partial charge in [0.05, 0.1) is 23.2 Å². The van der Waals surface area contributed by atoms with Crippen molar-refractivity contribution in [2.24, 2.45) is 5.92 Å². The van der Waals surface area contributed by atoms with Crippen molar-refractivity contribution in [1.82, 2.24) is 4.98 Å². The first-order valence-electron chi connectivity index (χ1n) is 13.2. The Hall–Kier alpha value is -4.13. The van der Waals surface area contributed by atoms with Crippen molar-refractivity contribution in [1.29, 1.82) is 0 Å². The van der Waals surface area contributed by atoms with Gasteiger partial charge < -0.3 is 19.8 Å². The molecular weight excluding hydrogens is 617 g/mol. The van der Waals surface area contributed by atoms with E-state index in [1.165, 1.54) is 24.3 Å². The summed E-state index contributed by atoms with van der Waals surface area (Å²) in [6, 6.07) is 16.9. The molecule has 13 heteroatoms. The predicted octanol–water partition coefficient (Wildman–Crippen LogP) is 5.44. The van der Waals surface area contributed by atoms with Gasteiger partial charge >= 0.3 is 4.87 Å². The van der Waals surface area contributed by atoms with Gasteiger partial charge in [-0.3, -0.25) is 19.2 Å². The minimum atomic E-state index is -0.826. The summed E-state index contributed by atoms with van der Waals surface area (Å²) in [5, 5.41) is 3.00. The molecule has 0 spiro atoms. The second-order valence-corrected chi connectivity index (χ2v) is 12.3. The van der Waals surface area contributed by atoms with E-state index in [-0.39, 0.29) is 17.2 Å². The van der Waals surface area contributed by atoms with Gasteiger partial charge in [-0.2, -0.15) is 0 Å². The average molecular weight is 640 g/mol. The molecule has 3 unspecified atom stereocenters. The monoisotopic (exact) mass is 639 g/mol. The summed E-state index contributed by atoms with van der Waals surface area (Å²) in [6.07, 6.45) is 0. The van der Waals surface area contributed by atoms with Gasteiger partial charge in [-0.25, -0.2) is 9.29 Å². The molecule has 6 rings (SSSR count). The molecular formula is C30H23ClFN3O6S2. The number of aromatic nitrogens is 1. The summed E-state index contributed by atoms with van der Waals surface area (Å²) < 4.78 is 25.2. The van der Waals surface area contributed by atoms with Crippen molar-refractivity contribution in [2.75, 3.05) is 23.4 Å². The van der Waals surface area contributed by atoms with Crippen LogP contribution in [0.2, 0.25) is 5.02 Å². The van der Waals surface area contributed by atoms with Gasteiger partial charge in [0.2, 0.25) is 11.8 Å². The Balaban J connectivity index is 1.31. The molecule has 2 aliphatic heterocycles. The first-order valence-corrected chi connectivity index (χ1v) is 15.3. The van der Waals surface area contributed by atoms with E-state index in [0.717, 1.165) is 28.0 Å². The Morgan fingerprint density at radius 2 is 1.74 bits per heavy atom. The molecule has 0 aliphatic carbocycles. The molecule has 220 valence electrons. The lowest BCUT2D eigenvalue weighted by Crippen LogP contribution is -2.32. The second kappa shape index (κ2) is 11.9. The van der Waals surface area contributed by atoms with Gasteiger partial charge in [-0.05, 0) is 73.2 Å². The molecule has 0 bridgehead atoms. The van der Waals surface area contributed by atoms with Crippen LogP contribution in [0.5, 0.6) is 11.5 Å². The van der Waals surface area contributed by atoms with Crippen LogP contribution < -0.4 is 24.6 Å². The third-order valence-electron chi connectivity index (χ3n) is 7.02. The summed E-state index contributed by atoms with van der Waals surface area (Å²) in [7, 11) is 0. The van der Waals surface area contributed by atoms with Crippen molar-refractivity contribution in [3.05, 3.63) is 97.7 Å². The summed E-state index contributed by atoms with van der Waals surface area (Å²) in [4.78, 5) is 56.6. The van der Waals surface area contributed by atoms with Gasteiger partial charge in [-0.1, -0.05) is 40.8 Å². The zero-order valence-corrected chi connectivity index (χ0v) is 24.9. The molecule has 1 aromatic heterocycles. The molecule has 43 heavy (non-hydrogen) atoms. The molecule has 3 atom stereocenters. The third-order valence-corrected chi connectivity index (χ3v) is 9.68. The fraction of sp³-hybridized carbons (Fsp3) is 0.200. The predicted molar refractivity (Wildman–Crippen MR) is 162 cm³/mol. The average Bonchev–Trinajstić information content (AvgIpc) is 3.48. The van der Waals surface area contributed by atoms with E-state index in [4.69, 9.17) is 21.1 Å². The smallest absolute Gasteiger partial charge is 0.305 e. The number of ether oxygens (including phenoxy) is 2. The van der Waals surface area contributed by atoms with Gasteiger partial charge in [-0.15, -0.1) is 0 Å². The minimum Gasteiger partial charge on any atom is -0.490 e. The molecule has 9 nitrogen and oxygen atoms in total. The molecule has 1 saturated heterocycles. The number of anilines is 2. The molecule has 3 amide bonds. The van der Waals surface area contributed by atoms with Crippen molar-refractivity contribution in [3.63, 3.8) is 0 Å². The van der Waals surface area contributed by atoms with E-state index in [9.17, 15) is 23.6 Å². The van der Waals surface area contributed by atoms with Crippen molar-refractivity contribution >= 4 is 63.8 Å². The van der Waals surface area contributed by atoms with E-state index in [1.54, 1.807) is 49.4 Å². The van der Waals surface area contributed by atoms with Crippen molar-refractivity contribution < 1.29 is 28.2 Å². The van der Waals surface area contributed by atoms with Crippen LogP contribution in [0, 0.1) is 11.7 Å². The number of H-pyrrole nitrogens is 1. The number of amides is 3. The number of hydrogen-bond acceptors (Lipinski definition) is 8. The zero-order valence-electron chi connectivity index (χ0n) is 22.5. The molecule has 2 N–H and O–H groups in total. The highest BCUT2D eigenvalue weighted by Crippen LogP contribution is 2.53. The fourth-order valence-corrected chi connectivity index (χ4v) is 7.84. The maximum absolute atomic E-state index is 13.9. The summed E-state index contributed by atoms with van der Waals surface area (Å²) in [5.41, 5.74) is 1.47. The van der Waals surface area contributed by atoms with Crippen LogP contribution in [-0.4, -0.2) is 41.2 Å². The topological polar surface area (TPSA) is 118 Å². The highest BCUT2D eigenvalue weighted by atomic mass is 35.5. The number of nitrogens with zero attached hydrogens (tertiary/aromatic N) is 1. The summed E-state index contributed by atoms with van der Waals surface area (Å²) in [5.74, 6) is -2.58. The molecule has 2 aliphatic rings. The lowest BCUT2D eigenvalue weighted by molar-refractivity contribution is -0.122. The molecule has 0 saturated carbocycles. The quantitative estimate of drug-likeness (QED) is 0.247. The number of carbonyl (C=O) groups excluding carboxylic acids is 3. The van der Waals surface area contributed by atoms with E-state index in [2.05, 4.69) is 10.3 Å². The number of benzene rings is 3. The Labute approximate surface area is 258 Å². The van der Waals surface area contributed by atoms with Crippen molar-refractivity contribution in [3.8, 4) is 11.5 Å². The summed E-state index contributed by atoms with van der Waals surface area (Å²) in [6.45, 7) is 1.80. The SMILES string of the molecule is CCOc1cc(C2c3sc(=O)[nH]c3SC3C(=O)N(c4ccc(F)cc4)C(=O)C32)ccc1OCC(=O)Nc1ccc(Cl)cc1. The summed E-state index contributed by atoms with van der Waals surface area (Å²) >= 11 is 8.04. The van der Waals surface area contributed by atoms with Crippen LogP contribution in [0.4, 0.5) is 15.8 Å². The van der Waals surface area contributed by atoms with Crippen LogP contribution in [0.15, 0.2) is 76.6 Å². The van der Waals surface area contributed by atoms with Gasteiger partial charge in [0.15, 0.2) is 18.1 Å². The van der Waals surface area contributed by atoms with Gasteiger partial charge in [0, 0.05) is 21.5 Å². The van der Waals surface area contributed by atoms with E-state index >= 15 is 0 Å². The number of aromatic amines is 1. The number of nitrogens with one attached hydrogen (secondary N) is 2. The molecule has 0 radical (unpaired) electrons. The second-order valence-electron chi connectivity index (χ2n) is 9.72. The number of hydrogen-bond donors (Lipinski definition) is 2.